The molecule has 1 fully saturated rings. The predicted molar refractivity (Wildman–Crippen MR) is 124 cm³/mol. The molecule has 0 radical (unpaired) electrons. The van der Waals surface area contributed by atoms with Crippen molar-refractivity contribution in [3.8, 4) is 11.5 Å². The van der Waals surface area contributed by atoms with Crippen LogP contribution >= 0.6 is 0 Å². The van der Waals surface area contributed by atoms with Gasteiger partial charge in [0, 0.05) is 31.7 Å². The van der Waals surface area contributed by atoms with Crippen molar-refractivity contribution in [2.45, 2.75) is 6.04 Å². The summed E-state index contributed by atoms with van der Waals surface area (Å²) in [6, 6.07) is 7.83. The molecule has 1 N–H and O–H groups in total. The summed E-state index contributed by atoms with van der Waals surface area (Å²) in [5, 5.41) is 10.8. The highest BCUT2D eigenvalue weighted by molar-refractivity contribution is 6.14. The first-order valence-corrected chi connectivity index (χ1v) is 11.1. The zero-order valence-electron chi connectivity index (χ0n) is 19.2. The third-order valence-electron chi connectivity index (χ3n) is 6.00. The number of aliphatic hydroxyl groups excluding tert-OH is 1. The number of aliphatic hydroxyl groups is 1. The minimum Gasteiger partial charge on any atom is -0.503 e. The SMILES string of the molecule is COc1cccc([C@H]2C(C(=O)/C=C/c3ccco3)=C(O)C(=O)N2CCN2CCOCC2)c1OC. The molecule has 34 heavy (non-hydrogen) atoms. The van der Waals surface area contributed by atoms with Gasteiger partial charge in [0.15, 0.2) is 23.0 Å². The lowest BCUT2D eigenvalue weighted by Crippen LogP contribution is -2.43. The van der Waals surface area contributed by atoms with Crippen molar-refractivity contribution in [3.63, 3.8) is 0 Å². The van der Waals surface area contributed by atoms with Gasteiger partial charge in [-0.3, -0.25) is 14.5 Å². The maximum atomic E-state index is 13.3. The van der Waals surface area contributed by atoms with E-state index in [1.165, 1.54) is 37.5 Å². The van der Waals surface area contributed by atoms with Crippen LogP contribution in [0, 0.1) is 0 Å². The van der Waals surface area contributed by atoms with Gasteiger partial charge in [-0.1, -0.05) is 12.1 Å². The number of rotatable bonds is 9. The number of carbonyl (C=O) groups is 2. The Morgan fingerprint density at radius 1 is 1.15 bits per heavy atom. The molecule has 0 saturated carbocycles. The average molecular weight is 469 g/mol. The lowest BCUT2D eigenvalue weighted by Gasteiger charge is -2.32. The molecule has 1 atom stereocenters. The van der Waals surface area contributed by atoms with Gasteiger partial charge in [0.1, 0.15) is 5.76 Å². The Bertz CT molecular complexity index is 1080. The summed E-state index contributed by atoms with van der Waals surface area (Å²) in [7, 11) is 3.02. The molecule has 0 unspecified atom stereocenters. The maximum Gasteiger partial charge on any atom is 0.290 e. The number of para-hydroxylation sites is 1. The number of hydrogen-bond acceptors (Lipinski definition) is 8. The van der Waals surface area contributed by atoms with Gasteiger partial charge in [-0.2, -0.15) is 0 Å². The summed E-state index contributed by atoms with van der Waals surface area (Å²) in [4.78, 5) is 30.1. The van der Waals surface area contributed by atoms with Crippen LogP contribution in [0.4, 0.5) is 0 Å². The number of nitrogens with zero attached hydrogens (tertiary/aromatic N) is 2. The smallest absolute Gasteiger partial charge is 0.290 e. The second-order valence-electron chi connectivity index (χ2n) is 7.91. The molecule has 180 valence electrons. The molecule has 1 amide bonds. The lowest BCUT2D eigenvalue weighted by atomic mass is 9.94. The van der Waals surface area contributed by atoms with E-state index >= 15 is 0 Å². The largest absolute Gasteiger partial charge is 0.503 e. The van der Waals surface area contributed by atoms with E-state index in [-0.39, 0.29) is 5.57 Å². The molecule has 9 heteroatoms. The van der Waals surface area contributed by atoms with Crippen LogP contribution in [0.2, 0.25) is 0 Å². The van der Waals surface area contributed by atoms with Crippen molar-refractivity contribution in [1.82, 2.24) is 9.80 Å². The monoisotopic (exact) mass is 468 g/mol. The third-order valence-corrected chi connectivity index (χ3v) is 6.00. The van der Waals surface area contributed by atoms with Crippen molar-refractivity contribution in [2.75, 3.05) is 53.6 Å². The van der Waals surface area contributed by atoms with Crippen molar-refractivity contribution in [2.24, 2.45) is 0 Å². The van der Waals surface area contributed by atoms with E-state index in [0.29, 0.717) is 49.1 Å². The van der Waals surface area contributed by atoms with E-state index in [1.54, 1.807) is 30.3 Å². The topological polar surface area (TPSA) is 102 Å². The first-order chi connectivity index (χ1) is 16.5. The van der Waals surface area contributed by atoms with Crippen LogP contribution in [0.1, 0.15) is 17.4 Å². The minimum atomic E-state index is -0.840. The Labute approximate surface area is 197 Å². The first-order valence-electron chi connectivity index (χ1n) is 11.1. The molecule has 3 heterocycles. The molecule has 9 nitrogen and oxygen atoms in total. The molecule has 1 aromatic heterocycles. The van der Waals surface area contributed by atoms with E-state index in [0.717, 1.165) is 13.1 Å². The summed E-state index contributed by atoms with van der Waals surface area (Å²) < 4.78 is 21.7. The second kappa shape index (κ2) is 10.6. The molecule has 2 aliphatic heterocycles. The van der Waals surface area contributed by atoms with Crippen molar-refractivity contribution in [1.29, 1.82) is 0 Å². The van der Waals surface area contributed by atoms with Gasteiger partial charge in [-0.25, -0.2) is 0 Å². The molecular weight excluding hydrogens is 440 g/mol. The number of hydrogen-bond donors (Lipinski definition) is 1. The summed E-state index contributed by atoms with van der Waals surface area (Å²) in [6.45, 7) is 3.66. The lowest BCUT2D eigenvalue weighted by molar-refractivity contribution is -0.129. The molecule has 0 bridgehead atoms. The minimum absolute atomic E-state index is 0.0127. The summed E-state index contributed by atoms with van der Waals surface area (Å²) in [5.74, 6) is -0.314. The summed E-state index contributed by atoms with van der Waals surface area (Å²) in [5.41, 5.74) is 0.539. The van der Waals surface area contributed by atoms with Crippen LogP contribution in [0.15, 0.2) is 58.4 Å². The molecular formula is C25H28N2O7. The molecule has 1 saturated heterocycles. The fourth-order valence-corrected chi connectivity index (χ4v) is 4.29. The molecule has 4 rings (SSSR count). The fraction of sp³-hybridized carbons (Fsp3) is 0.360. The summed E-state index contributed by atoms with van der Waals surface area (Å²) in [6.07, 6.45) is 4.30. The van der Waals surface area contributed by atoms with Crippen molar-refractivity contribution >= 4 is 17.8 Å². The van der Waals surface area contributed by atoms with Gasteiger partial charge in [0.2, 0.25) is 0 Å². The Balaban J connectivity index is 1.71. The normalized spacial score (nSPS) is 19.3. The molecule has 2 aromatic rings. The number of ether oxygens (including phenoxy) is 3. The quantitative estimate of drug-likeness (QED) is 0.561. The number of allylic oxidation sites excluding steroid dienone is 1. The zero-order chi connectivity index (χ0) is 24.1. The van der Waals surface area contributed by atoms with Gasteiger partial charge < -0.3 is 28.6 Å². The van der Waals surface area contributed by atoms with Gasteiger partial charge >= 0.3 is 0 Å². The average Bonchev–Trinajstić information content (AvgIpc) is 3.48. The van der Waals surface area contributed by atoms with Crippen molar-refractivity contribution < 1.29 is 33.3 Å². The first kappa shape index (κ1) is 23.6. The Kier molecular flexibility index (Phi) is 7.34. The zero-order valence-corrected chi connectivity index (χ0v) is 19.2. The van der Waals surface area contributed by atoms with E-state index in [1.807, 2.05) is 0 Å². The third kappa shape index (κ3) is 4.71. The molecule has 0 aliphatic carbocycles. The van der Waals surface area contributed by atoms with Crippen LogP contribution < -0.4 is 9.47 Å². The number of carbonyl (C=O) groups excluding carboxylic acids is 2. The Hall–Kier alpha value is -3.56. The van der Waals surface area contributed by atoms with Gasteiger partial charge in [0.25, 0.3) is 5.91 Å². The number of methoxy groups -OCH3 is 2. The van der Waals surface area contributed by atoms with Gasteiger partial charge in [0.05, 0.1) is 45.3 Å². The molecule has 0 spiro atoms. The number of morpholine rings is 1. The molecule has 1 aromatic carbocycles. The van der Waals surface area contributed by atoms with E-state index in [4.69, 9.17) is 18.6 Å². The Morgan fingerprint density at radius 2 is 1.94 bits per heavy atom. The molecule has 2 aliphatic rings. The van der Waals surface area contributed by atoms with E-state index < -0.39 is 23.5 Å². The van der Waals surface area contributed by atoms with Crippen LogP contribution in [0.25, 0.3) is 6.08 Å². The van der Waals surface area contributed by atoms with Crippen LogP contribution in [-0.4, -0.2) is 80.2 Å². The van der Waals surface area contributed by atoms with E-state index in [2.05, 4.69) is 4.90 Å². The summed E-state index contributed by atoms with van der Waals surface area (Å²) >= 11 is 0. The fourth-order valence-electron chi connectivity index (χ4n) is 4.29. The van der Waals surface area contributed by atoms with Crippen molar-refractivity contribution in [3.05, 3.63) is 65.3 Å². The van der Waals surface area contributed by atoms with Gasteiger partial charge in [-0.15, -0.1) is 0 Å². The predicted octanol–water partition coefficient (Wildman–Crippen LogP) is 2.61. The number of benzene rings is 1. The highest BCUT2D eigenvalue weighted by atomic mass is 16.5. The second-order valence-corrected chi connectivity index (χ2v) is 7.91. The number of amides is 1. The van der Waals surface area contributed by atoms with Gasteiger partial charge in [-0.05, 0) is 30.4 Å². The van der Waals surface area contributed by atoms with Crippen LogP contribution in [0.3, 0.4) is 0 Å². The highest BCUT2D eigenvalue weighted by Gasteiger charge is 2.44. The standard InChI is InChI=1S/C25H28N2O7/c1-31-20-7-3-6-18(24(20)32-2)22-21(19(28)9-8-17-5-4-14-34-17)23(29)25(30)27(22)11-10-26-12-15-33-16-13-26/h3-9,14,22,29H,10-13,15-16H2,1-2H3/b9-8+/t22-/m0/s1. The number of furan rings is 1. The van der Waals surface area contributed by atoms with Crippen LogP contribution in [0.5, 0.6) is 11.5 Å². The number of ketones is 1. The van der Waals surface area contributed by atoms with E-state index in [9.17, 15) is 14.7 Å². The highest BCUT2D eigenvalue weighted by Crippen LogP contribution is 2.44. The van der Waals surface area contributed by atoms with Crippen LogP contribution in [-0.2, 0) is 14.3 Å². The maximum absolute atomic E-state index is 13.3. The Morgan fingerprint density at radius 3 is 2.62 bits per heavy atom.